The fourth-order valence-corrected chi connectivity index (χ4v) is 2.50. The van der Waals surface area contributed by atoms with E-state index in [1.54, 1.807) is 6.20 Å². The van der Waals surface area contributed by atoms with Crippen LogP contribution in [0.1, 0.15) is 33.4 Å². The first-order valence-corrected chi connectivity index (χ1v) is 6.14. The highest BCUT2D eigenvalue weighted by atomic mass is 32.1. The SMILES string of the molecule is CCc1ccsc1C(=O)c1ccc(C)nc1. The number of ketones is 1. The van der Waals surface area contributed by atoms with E-state index in [-0.39, 0.29) is 5.78 Å². The highest BCUT2D eigenvalue weighted by molar-refractivity contribution is 7.12. The van der Waals surface area contributed by atoms with Crippen molar-refractivity contribution < 1.29 is 4.79 Å². The quantitative estimate of drug-likeness (QED) is 0.759. The van der Waals surface area contributed by atoms with Crippen molar-refractivity contribution in [2.45, 2.75) is 20.3 Å². The van der Waals surface area contributed by atoms with Gasteiger partial charge in [-0.25, -0.2) is 0 Å². The van der Waals surface area contributed by atoms with Crippen LogP contribution in [0.15, 0.2) is 29.8 Å². The van der Waals surface area contributed by atoms with E-state index in [0.717, 1.165) is 22.6 Å². The van der Waals surface area contributed by atoms with Crippen LogP contribution in [0, 0.1) is 6.92 Å². The third kappa shape index (κ3) is 2.04. The minimum absolute atomic E-state index is 0.0827. The lowest BCUT2D eigenvalue weighted by Gasteiger charge is -2.01. The van der Waals surface area contributed by atoms with Crippen LogP contribution in [0.2, 0.25) is 0 Å². The second-order valence-corrected chi connectivity index (χ2v) is 4.56. The Kier molecular flexibility index (Phi) is 3.15. The first-order chi connectivity index (χ1) is 7.72. The standard InChI is InChI=1S/C13H13NOS/c1-3-10-6-7-16-13(10)12(15)11-5-4-9(2)14-8-11/h4-8H,3H2,1-2H3. The Morgan fingerprint density at radius 2 is 2.19 bits per heavy atom. The van der Waals surface area contributed by atoms with Crippen molar-refractivity contribution >= 4 is 17.1 Å². The van der Waals surface area contributed by atoms with E-state index >= 15 is 0 Å². The molecule has 2 heterocycles. The molecule has 0 unspecified atom stereocenters. The molecule has 0 atom stereocenters. The molecule has 2 aromatic rings. The van der Waals surface area contributed by atoms with Crippen molar-refractivity contribution in [3.63, 3.8) is 0 Å². The van der Waals surface area contributed by atoms with E-state index in [1.165, 1.54) is 11.3 Å². The van der Waals surface area contributed by atoms with E-state index in [0.29, 0.717) is 5.56 Å². The Labute approximate surface area is 99.0 Å². The third-order valence-corrected chi connectivity index (χ3v) is 3.46. The summed E-state index contributed by atoms with van der Waals surface area (Å²) in [5.41, 5.74) is 2.72. The Bertz CT molecular complexity index is 499. The molecule has 0 fully saturated rings. The largest absolute Gasteiger partial charge is 0.288 e. The summed E-state index contributed by atoms with van der Waals surface area (Å²) in [4.78, 5) is 17.2. The van der Waals surface area contributed by atoms with Gasteiger partial charge in [0.15, 0.2) is 0 Å². The summed E-state index contributed by atoms with van der Waals surface area (Å²) in [6, 6.07) is 5.72. The number of aryl methyl sites for hydroxylation is 2. The third-order valence-electron chi connectivity index (χ3n) is 2.51. The Morgan fingerprint density at radius 3 is 2.81 bits per heavy atom. The first-order valence-electron chi connectivity index (χ1n) is 5.26. The van der Waals surface area contributed by atoms with E-state index < -0.39 is 0 Å². The first kappa shape index (κ1) is 11.0. The van der Waals surface area contributed by atoms with E-state index in [4.69, 9.17) is 0 Å². The zero-order valence-electron chi connectivity index (χ0n) is 9.36. The van der Waals surface area contributed by atoms with E-state index in [2.05, 4.69) is 11.9 Å². The van der Waals surface area contributed by atoms with E-state index in [1.807, 2.05) is 30.5 Å². The molecule has 0 bridgehead atoms. The summed E-state index contributed by atoms with van der Waals surface area (Å²) in [6.45, 7) is 3.98. The molecular formula is C13H13NOS. The van der Waals surface area contributed by atoms with Gasteiger partial charge in [0.2, 0.25) is 5.78 Å². The van der Waals surface area contributed by atoms with Gasteiger partial charge in [0, 0.05) is 17.5 Å². The van der Waals surface area contributed by atoms with E-state index in [9.17, 15) is 4.79 Å². The fraction of sp³-hybridized carbons (Fsp3) is 0.231. The van der Waals surface area contributed by atoms with Crippen LogP contribution in [-0.2, 0) is 6.42 Å². The molecule has 0 aliphatic carbocycles. The van der Waals surface area contributed by atoms with Gasteiger partial charge in [-0.3, -0.25) is 9.78 Å². The Hall–Kier alpha value is -1.48. The number of nitrogens with zero attached hydrogens (tertiary/aromatic N) is 1. The highest BCUT2D eigenvalue weighted by Crippen LogP contribution is 2.21. The van der Waals surface area contributed by atoms with Gasteiger partial charge in [0.25, 0.3) is 0 Å². The summed E-state index contributed by atoms with van der Waals surface area (Å²) in [5.74, 6) is 0.0827. The van der Waals surface area contributed by atoms with Crippen molar-refractivity contribution in [3.8, 4) is 0 Å². The lowest BCUT2D eigenvalue weighted by atomic mass is 10.1. The van der Waals surface area contributed by atoms with Gasteiger partial charge in [0.05, 0.1) is 4.88 Å². The van der Waals surface area contributed by atoms with Crippen molar-refractivity contribution in [1.29, 1.82) is 0 Å². The predicted molar refractivity (Wildman–Crippen MR) is 66.1 cm³/mol. The zero-order valence-corrected chi connectivity index (χ0v) is 10.2. The molecule has 82 valence electrons. The molecule has 0 saturated heterocycles. The van der Waals surface area contributed by atoms with Crippen molar-refractivity contribution in [3.05, 3.63) is 51.5 Å². The predicted octanol–water partition coefficient (Wildman–Crippen LogP) is 3.24. The number of aromatic nitrogens is 1. The van der Waals surface area contributed by atoms with Gasteiger partial charge >= 0.3 is 0 Å². The number of thiophene rings is 1. The number of carbonyl (C=O) groups excluding carboxylic acids is 1. The minimum Gasteiger partial charge on any atom is -0.288 e. The van der Waals surface area contributed by atoms with Crippen LogP contribution in [0.25, 0.3) is 0 Å². The summed E-state index contributed by atoms with van der Waals surface area (Å²) in [5, 5.41) is 1.97. The molecule has 0 aliphatic rings. The molecule has 16 heavy (non-hydrogen) atoms. The van der Waals surface area contributed by atoms with Crippen molar-refractivity contribution in [1.82, 2.24) is 4.98 Å². The Balaban J connectivity index is 2.35. The number of rotatable bonds is 3. The molecule has 3 heteroatoms. The molecule has 2 rings (SSSR count). The van der Waals surface area contributed by atoms with Gasteiger partial charge < -0.3 is 0 Å². The van der Waals surface area contributed by atoms with Crippen LogP contribution < -0.4 is 0 Å². The summed E-state index contributed by atoms with van der Waals surface area (Å²) < 4.78 is 0. The molecule has 2 nitrogen and oxygen atoms in total. The molecule has 0 spiro atoms. The second-order valence-electron chi connectivity index (χ2n) is 3.65. The molecule has 0 N–H and O–H groups in total. The summed E-state index contributed by atoms with van der Waals surface area (Å²) >= 11 is 1.50. The van der Waals surface area contributed by atoms with Crippen LogP contribution >= 0.6 is 11.3 Å². The summed E-state index contributed by atoms with van der Waals surface area (Å²) in [7, 11) is 0. The molecule has 0 radical (unpaired) electrons. The summed E-state index contributed by atoms with van der Waals surface area (Å²) in [6.07, 6.45) is 2.54. The van der Waals surface area contributed by atoms with Crippen LogP contribution in [-0.4, -0.2) is 10.8 Å². The monoisotopic (exact) mass is 231 g/mol. The van der Waals surface area contributed by atoms with Gasteiger partial charge in [-0.2, -0.15) is 0 Å². The average Bonchev–Trinajstić information content (AvgIpc) is 2.77. The molecule has 0 saturated carbocycles. The maximum absolute atomic E-state index is 12.2. The smallest absolute Gasteiger partial charge is 0.204 e. The lowest BCUT2D eigenvalue weighted by molar-refractivity contribution is 0.104. The number of carbonyl (C=O) groups is 1. The van der Waals surface area contributed by atoms with Crippen molar-refractivity contribution in [2.24, 2.45) is 0 Å². The van der Waals surface area contributed by atoms with Crippen LogP contribution in [0.3, 0.4) is 0 Å². The molecule has 2 aromatic heterocycles. The second kappa shape index (κ2) is 4.58. The van der Waals surface area contributed by atoms with Crippen LogP contribution in [0.4, 0.5) is 0 Å². The molecule has 0 amide bonds. The minimum atomic E-state index is 0.0827. The van der Waals surface area contributed by atoms with Gasteiger partial charge in [-0.1, -0.05) is 6.92 Å². The normalized spacial score (nSPS) is 10.4. The zero-order chi connectivity index (χ0) is 11.5. The maximum Gasteiger partial charge on any atom is 0.204 e. The number of pyridine rings is 1. The van der Waals surface area contributed by atoms with Crippen molar-refractivity contribution in [2.75, 3.05) is 0 Å². The van der Waals surface area contributed by atoms with Gasteiger partial charge in [0.1, 0.15) is 0 Å². The maximum atomic E-state index is 12.2. The number of hydrogen-bond acceptors (Lipinski definition) is 3. The van der Waals surface area contributed by atoms with Gasteiger partial charge in [-0.05, 0) is 42.5 Å². The molecule has 0 aliphatic heterocycles. The van der Waals surface area contributed by atoms with Crippen LogP contribution in [0.5, 0.6) is 0 Å². The lowest BCUT2D eigenvalue weighted by Crippen LogP contribution is -2.02. The molecule has 0 aromatic carbocycles. The topological polar surface area (TPSA) is 30.0 Å². The fourth-order valence-electron chi connectivity index (χ4n) is 1.55. The van der Waals surface area contributed by atoms with Gasteiger partial charge in [-0.15, -0.1) is 11.3 Å². The average molecular weight is 231 g/mol. The molecular weight excluding hydrogens is 218 g/mol. The Morgan fingerprint density at radius 1 is 1.38 bits per heavy atom. The number of hydrogen-bond donors (Lipinski definition) is 0. The highest BCUT2D eigenvalue weighted by Gasteiger charge is 2.14.